The SMILES string of the molecule is CCN(CC)S(=O)(=O)c1ccc(C)c(NC(=O)CN(C)Cc2ccc(Br)cc2)c1. The third-order valence-electron chi connectivity index (χ3n) is 4.61. The van der Waals surface area contributed by atoms with Crippen LogP contribution in [-0.2, 0) is 21.4 Å². The lowest BCUT2D eigenvalue weighted by Gasteiger charge is -2.20. The molecule has 8 heteroatoms. The summed E-state index contributed by atoms with van der Waals surface area (Å²) < 4.78 is 27.9. The first-order valence-electron chi connectivity index (χ1n) is 9.51. The van der Waals surface area contributed by atoms with Crippen molar-refractivity contribution in [3.05, 3.63) is 58.1 Å². The van der Waals surface area contributed by atoms with Gasteiger partial charge in [-0.05, 0) is 49.4 Å². The number of likely N-dealkylation sites (N-methyl/N-ethyl adjacent to an activating group) is 1. The van der Waals surface area contributed by atoms with Gasteiger partial charge >= 0.3 is 0 Å². The zero-order valence-corrected chi connectivity index (χ0v) is 19.7. The summed E-state index contributed by atoms with van der Waals surface area (Å²) in [7, 11) is -1.70. The smallest absolute Gasteiger partial charge is 0.243 e. The van der Waals surface area contributed by atoms with E-state index in [1.54, 1.807) is 26.0 Å². The van der Waals surface area contributed by atoms with Gasteiger partial charge in [-0.3, -0.25) is 9.69 Å². The molecular formula is C21H28BrN3O3S. The predicted octanol–water partition coefficient (Wildman–Crippen LogP) is 3.86. The molecule has 1 N–H and O–H groups in total. The zero-order valence-electron chi connectivity index (χ0n) is 17.3. The number of nitrogens with zero attached hydrogens (tertiary/aromatic N) is 2. The summed E-state index contributed by atoms with van der Waals surface area (Å²) in [6.45, 7) is 7.08. The van der Waals surface area contributed by atoms with Crippen LogP contribution in [-0.4, -0.2) is 50.2 Å². The molecular weight excluding hydrogens is 454 g/mol. The highest BCUT2D eigenvalue weighted by Gasteiger charge is 2.22. The van der Waals surface area contributed by atoms with E-state index in [-0.39, 0.29) is 17.3 Å². The molecule has 0 bridgehead atoms. The predicted molar refractivity (Wildman–Crippen MR) is 120 cm³/mol. The van der Waals surface area contributed by atoms with Crippen LogP contribution in [0.25, 0.3) is 0 Å². The maximum absolute atomic E-state index is 12.8. The molecule has 0 aliphatic carbocycles. The largest absolute Gasteiger partial charge is 0.325 e. The Morgan fingerprint density at radius 1 is 1.07 bits per heavy atom. The first-order valence-corrected chi connectivity index (χ1v) is 11.7. The minimum Gasteiger partial charge on any atom is -0.325 e. The Kier molecular flexibility index (Phi) is 8.39. The number of carbonyl (C=O) groups is 1. The number of benzene rings is 2. The highest BCUT2D eigenvalue weighted by atomic mass is 79.9. The lowest BCUT2D eigenvalue weighted by molar-refractivity contribution is -0.117. The van der Waals surface area contributed by atoms with E-state index in [1.807, 2.05) is 43.1 Å². The molecule has 0 aliphatic rings. The van der Waals surface area contributed by atoms with Crippen LogP contribution in [0.15, 0.2) is 51.8 Å². The number of nitrogens with one attached hydrogen (secondary N) is 1. The fourth-order valence-corrected chi connectivity index (χ4v) is 4.75. The van der Waals surface area contributed by atoms with Crippen molar-refractivity contribution in [3.8, 4) is 0 Å². The Labute approximate surface area is 182 Å². The van der Waals surface area contributed by atoms with Crippen LogP contribution in [0.2, 0.25) is 0 Å². The van der Waals surface area contributed by atoms with Crippen molar-refractivity contribution in [3.63, 3.8) is 0 Å². The van der Waals surface area contributed by atoms with Crippen molar-refractivity contribution in [2.24, 2.45) is 0 Å². The normalized spacial score (nSPS) is 11.8. The Morgan fingerprint density at radius 2 is 1.69 bits per heavy atom. The molecule has 0 spiro atoms. The number of carbonyl (C=O) groups excluding carboxylic acids is 1. The summed E-state index contributed by atoms with van der Waals surface area (Å²) in [5.74, 6) is -0.190. The van der Waals surface area contributed by atoms with Crippen LogP contribution >= 0.6 is 15.9 Å². The molecule has 0 saturated carbocycles. The van der Waals surface area contributed by atoms with Crippen molar-refractivity contribution in [1.29, 1.82) is 0 Å². The molecule has 2 rings (SSSR count). The van der Waals surface area contributed by atoms with E-state index >= 15 is 0 Å². The molecule has 2 aromatic carbocycles. The number of aryl methyl sites for hydroxylation is 1. The summed E-state index contributed by atoms with van der Waals surface area (Å²) in [5.41, 5.74) is 2.43. The van der Waals surface area contributed by atoms with Crippen LogP contribution in [0, 0.1) is 6.92 Å². The summed E-state index contributed by atoms with van der Waals surface area (Å²) in [6.07, 6.45) is 0. The fourth-order valence-electron chi connectivity index (χ4n) is 3.00. The number of anilines is 1. The van der Waals surface area contributed by atoms with Gasteiger partial charge in [-0.15, -0.1) is 0 Å². The van der Waals surface area contributed by atoms with E-state index < -0.39 is 10.0 Å². The maximum Gasteiger partial charge on any atom is 0.243 e. The second-order valence-electron chi connectivity index (χ2n) is 6.91. The van der Waals surface area contributed by atoms with Gasteiger partial charge in [0.15, 0.2) is 0 Å². The van der Waals surface area contributed by atoms with Gasteiger partial charge in [-0.1, -0.05) is 48.0 Å². The molecule has 0 aromatic heterocycles. The van der Waals surface area contributed by atoms with Gasteiger partial charge in [0.1, 0.15) is 0 Å². The van der Waals surface area contributed by atoms with Gasteiger partial charge in [-0.2, -0.15) is 4.31 Å². The molecule has 0 heterocycles. The van der Waals surface area contributed by atoms with E-state index in [9.17, 15) is 13.2 Å². The molecule has 0 saturated heterocycles. The molecule has 0 aliphatic heterocycles. The third kappa shape index (κ3) is 6.37. The average Bonchev–Trinajstić information content (AvgIpc) is 2.66. The number of halogens is 1. The number of sulfonamides is 1. The maximum atomic E-state index is 12.8. The van der Waals surface area contributed by atoms with Crippen LogP contribution in [0.1, 0.15) is 25.0 Å². The Morgan fingerprint density at radius 3 is 2.28 bits per heavy atom. The van der Waals surface area contributed by atoms with Crippen LogP contribution in [0.5, 0.6) is 0 Å². The quantitative estimate of drug-likeness (QED) is 0.590. The first kappa shape index (κ1) is 23.5. The molecule has 0 fully saturated rings. The summed E-state index contributed by atoms with van der Waals surface area (Å²) in [6, 6.07) is 12.8. The molecule has 6 nitrogen and oxygen atoms in total. The Balaban J connectivity index is 2.08. The summed E-state index contributed by atoms with van der Waals surface area (Å²) >= 11 is 3.41. The fraction of sp³-hybridized carbons (Fsp3) is 0.381. The highest BCUT2D eigenvalue weighted by Crippen LogP contribution is 2.23. The van der Waals surface area contributed by atoms with E-state index in [2.05, 4.69) is 21.2 Å². The van der Waals surface area contributed by atoms with Crippen LogP contribution in [0.4, 0.5) is 5.69 Å². The molecule has 0 unspecified atom stereocenters. The van der Waals surface area contributed by atoms with Gasteiger partial charge in [0.25, 0.3) is 0 Å². The standard InChI is InChI=1S/C21H28BrN3O3S/c1-5-25(6-2)29(27,28)19-12-7-16(3)20(13-19)23-21(26)15-24(4)14-17-8-10-18(22)11-9-17/h7-13H,5-6,14-15H2,1-4H3,(H,23,26). The first-order chi connectivity index (χ1) is 13.7. The summed E-state index contributed by atoms with van der Waals surface area (Å²) in [5, 5.41) is 2.85. The summed E-state index contributed by atoms with van der Waals surface area (Å²) in [4.78, 5) is 14.6. The van der Waals surface area contributed by atoms with Gasteiger partial charge in [0, 0.05) is 29.8 Å². The lowest BCUT2D eigenvalue weighted by Crippen LogP contribution is -2.31. The Bertz CT molecular complexity index is 942. The Hall–Kier alpha value is -1.74. The van der Waals surface area contributed by atoms with E-state index in [4.69, 9.17) is 0 Å². The van der Waals surface area contributed by atoms with Crippen LogP contribution < -0.4 is 5.32 Å². The molecule has 158 valence electrons. The number of hydrogen-bond donors (Lipinski definition) is 1. The van der Waals surface area contributed by atoms with Crippen molar-refractivity contribution in [2.45, 2.75) is 32.2 Å². The minimum absolute atomic E-state index is 0.185. The van der Waals surface area contributed by atoms with E-state index in [0.717, 1.165) is 15.6 Å². The van der Waals surface area contributed by atoms with Crippen molar-refractivity contribution < 1.29 is 13.2 Å². The number of amides is 1. The van der Waals surface area contributed by atoms with Crippen molar-refractivity contribution in [1.82, 2.24) is 9.21 Å². The molecule has 2 aromatic rings. The number of hydrogen-bond acceptors (Lipinski definition) is 4. The molecule has 1 amide bonds. The second kappa shape index (κ2) is 10.3. The molecule has 0 atom stereocenters. The third-order valence-corrected chi connectivity index (χ3v) is 7.18. The van der Waals surface area contributed by atoms with Crippen LogP contribution in [0.3, 0.4) is 0 Å². The molecule has 29 heavy (non-hydrogen) atoms. The minimum atomic E-state index is -3.58. The highest BCUT2D eigenvalue weighted by molar-refractivity contribution is 9.10. The van der Waals surface area contributed by atoms with Gasteiger partial charge in [0.2, 0.25) is 15.9 Å². The molecule has 0 radical (unpaired) electrons. The zero-order chi connectivity index (χ0) is 21.6. The van der Waals surface area contributed by atoms with Crippen molar-refractivity contribution >= 4 is 37.5 Å². The van der Waals surface area contributed by atoms with Gasteiger partial charge < -0.3 is 5.32 Å². The van der Waals surface area contributed by atoms with Gasteiger partial charge in [0.05, 0.1) is 11.4 Å². The monoisotopic (exact) mass is 481 g/mol. The lowest BCUT2D eigenvalue weighted by atomic mass is 10.2. The topological polar surface area (TPSA) is 69.7 Å². The average molecular weight is 482 g/mol. The number of rotatable bonds is 9. The van der Waals surface area contributed by atoms with E-state index in [0.29, 0.717) is 25.3 Å². The van der Waals surface area contributed by atoms with Crippen molar-refractivity contribution in [2.75, 3.05) is 32.0 Å². The van der Waals surface area contributed by atoms with E-state index in [1.165, 1.54) is 10.4 Å². The second-order valence-corrected chi connectivity index (χ2v) is 9.77. The van der Waals surface area contributed by atoms with Gasteiger partial charge in [-0.25, -0.2) is 8.42 Å².